The van der Waals surface area contributed by atoms with Crippen molar-refractivity contribution in [3.8, 4) is 5.75 Å². The van der Waals surface area contributed by atoms with Crippen LogP contribution in [0, 0.1) is 0 Å². The lowest BCUT2D eigenvalue weighted by Crippen LogP contribution is -2.52. The van der Waals surface area contributed by atoms with Gasteiger partial charge < -0.3 is 15.2 Å². The Bertz CT molecular complexity index is 472. The van der Waals surface area contributed by atoms with Gasteiger partial charge in [0, 0.05) is 5.02 Å². The predicted octanol–water partition coefficient (Wildman–Crippen LogP) is 2.53. The summed E-state index contributed by atoms with van der Waals surface area (Å²) in [6.07, 6.45) is 3.07. The van der Waals surface area contributed by atoms with Gasteiger partial charge in [-0.1, -0.05) is 30.5 Å². The molecule has 0 aromatic heterocycles. The number of hydrogen-bond donors (Lipinski definition) is 2. The maximum absolute atomic E-state index is 12.2. The highest BCUT2D eigenvalue weighted by molar-refractivity contribution is 6.30. The first-order valence-corrected chi connectivity index (χ1v) is 7.28. The minimum absolute atomic E-state index is 0.0252. The largest absolute Gasteiger partial charge is 0.481 e. The fourth-order valence-electron chi connectivity index (χ4n) is 2.54. The zero-order chi connectivity index (χ0) is 14.6. The van der Waals surface area contributed by atoms with Gasteiger partial charge in [0.15, 0.2) is 6.10 Å². The Morgan fingerprint density at radius 3 is 2.80 bits per heavy atom. The van der Waals surface area contributed by atoms with Crippen LogP contribution in [0.15, 0.2) is 24.3 Å². The Hall–Kier alpha value is -1.26. The van der Waals surface area contributed by atoms with Crippen molar-refractivity contribution in [3.63, 3.8) is 0 Å². The minimum atomic E-state index is -0.627. The van der Waals surface area contributed by atoms with Crippen LogP contribution in [0.5, 0.6) is 5.75 Å². The van der Waals surface area contributed by atoms with Crippen molar-refractivity contribution in [1.82, 2.24) is 5.32 Å². The summed E-state index contributed by atoms with van der Waals surface area (Å²) < 4.78 is 5.58. The van der Waals surface area contributed by atoms with E-state index in [1.165, 1.54) is 0 Å². The van der Waals surface area contributed by atoms with E-state index in [2.05, 4.69) is 5.32 Å². The lowest BCUT2D eigenvalue weighted by Gasteiger charge is -2.29. The van der Waals surface area contributed by atoms with E-state index in [1.54, 1.807) is 31.2 Å². The van der Waals surface area contributed by atoms with Gasteiger partial charge in [-0.3, -0.25) is 4.79 Å². The average Bonchev–Trinajstić information content (AvgIpc) is 2.88. The molecule has 110 valence electrons. The van der Waals surface area contributed by atoms with E-state index in [9.17, 15) is 9.90 Å². The fraction of sp³-hybridized carbons (Fsp3) is 0.533. The Labute approximate surface area is 124 Å². The number of aliphatic hydroxyl groups is 1. The molecule has 0 saturated heterocycles. The summed E-state index contributed by atoms with van der Waals surface area (Å²) in [7, 11) is 0. The SMILES string of the molecule is CC(Oc1cccc(Cl)c1)C(=O)NC1(CO)CCCC1. The zero-order valence-electron chi connectivity index (χ0n) is 11.6. The zero-order valence-corrected chi connectivity index (χ0v) is 12.3. The summed E-state index contributed by atoms with van der Waals surface area (Å²) >= 11 is 5.88. The van der Waals surface area contributed by atoms with E-state index in [-0.39, 0.29) is 12.5 Å². The topological polar surface area (TPSA) is 58.6 Å². The number of ether oxygens (including phenoxy) is 1. The van der Waals surface area contributed by atoms with Crippen molar-refractivity contribution in [1.29, 1.82) is 0 Å². The number of aliphatic hydroxyl groups excluding tert-OH is 1. The van der Waals surface area contributed by atoms with Crippen molar-refractivity contribution in [2.75, 3.05) is 6.61 Å². The van der Waals surface area contributed by atoms with Crippen LogP contribution in [-0.4, -0.2) is 29.3 Å². The van der Waals surface area contributed by atoms with Crippen LogP contribution in [0.1, 0.15) is 32.6 Å². The molecule has 1 aliphatic carbocycles. The smallest absolute Gasteiger partial charge is 0.261 e. The van der Waals surface area contributed by atoms with Crippen LogP contribution in [0.2, 0.25) is 5.02 Å². The van der Waals surface area contributed by atoms with Crippen molar-refractivity contribution < 1.29 is 14.6 Å². The molecule has 0 heterocycles. The molecule has 1 unspecified atom stereocenters. The normalized spacial score (nSPS) is 18.6. The first kappa shape index (κ1) is 15.1. The number of hydrogen-bond acceptors (Lipinski definition) is 3. The summed E-state index contributed by atoms with van der Waals surface area (Å²) in [5, 5.41) is 13.0. The molecule has 4 nitrogen and oxygen atoms in total. The Morgan fingerprint density at radius 1 is 1.50 bits per heavy atom. The number of halogens is 1. The molecule has 0 spiro atoms. The quantitative estimate of drug-likeness (QED) is 0.878. The molecule has 1 atom stereocenters. The van der Waals surface area contributed by atoms with E-state index in [4.69, 9.17) is 16.3 Å². The molecule has 0 aliphatic heterocycles. The number of rotatable bonds is 5. The van der Waals surface area contributed by atoms with Gasteiger partial charge in [0.1, 0.15) is 5.75 Å². The highest BCUT2D eigenvalue weighted by Gasteiger charge is 2.35. The second kappa shape index (κ2) is 6.46. The Balaban J connectivity index is 1.95. The maximum atomic E-state index is 12.2. The molecule has 1 amide bonds. The van der Waals surface area contributed by atoms with Crippen LogP contribution in [0.25, 0.3) is 0 Å². The highest BCUT2D eigenvalue weighted by Crippen LogP contribution is 2.29. The molecule has 2 rings (SSSR count). The predicted molar refractivity (Wildman–Crippen MR) is 78.0 cm³/mol. The van der Waals surface area contributed by atoms with Gasteiger partial charge in [-0.25, -0.2) is 0 Å². The molecule has 1 saturated carbocycles. The van der Waals surface area contributed by atoms with E-state index < -0.39 is 11.6 Å². The van der Waals surface area contributed by atoms with Crippen molar-refractivity contribution in [2.24, 2.45) is 0 Å². The standard InChI is InChI=1S/C15H20ClNO3/c1-11(20-13-6-4-5-12(16)9-13)14(19)17-15(10-18)7-2-3-8-15/h4-6,9,11,18H,2-3,7-8,10H2,1H3,(H,17,19). The van der Waals surface area contributed by atoms with Crippen molar-refractivity contribution >= 4 is 17.5 Å². The second-order valence-electron chi connectivity index (χ2n) is 5.35. The van der Waals surface area contributed by atoms with Crippen LogP contribution in [0.3, 0.4) is 0 Å². The first-order chi connectivity index (χ1) is 9.54. The molecule has 1 aliphatic rings. The summed E-state index contributed by atoms with van der Waals surface area (Å²) in [4.78, 5) is 12.2. The van der Waals surface area contributed by atoms with Crippen molar-refractivity contribution in [3.05, 3.63) is 29.3 Å². The van der Waals surface area contributed by atoms with Crippen LogP contribution < -0.4 is 10.1 Å². The molecule has 2 N–H and O–H groups in total. The second-order valence-corrected chi connectivity index (χ2v) is 5.79. The third-order valence-electron chi connectivity index (χ3n) is 3.73. The number of carbonyl (C=O) groups excluding carboxylic acids is 1. The summed E-state index contributed by atoms with van der Waals surface area (Å²) in [6.45, 7) is 1.67. The highest BCUT2D eigenvalue weighted by atomic mass is 35.5. The Morgan fingerprint density at radius 2 is 2.20 bits per heavy atom. The lowest BCUT2D eigenvalue weighted by atomic mass is 9.98. The third-order valence-corrected chi connectivity index (χ3v) is 3.96. The number of benzene rings is 1. The van der Waals surface area contributed by atoms with Gasteiger partial charge in [0.05, 0.1) is 12.1 Å². The molecule has 0 bridgehead atoms. The molecule has 1 aromatic carbocycles. The molecule has 5 heteroatoms. The van der Waals surface area contributed by atoms with Crippen molar-refractivity contribution in [2.45, 2.75) is 44.2 Å². The fourth-order valence-corrected chi connectivity index (χ4v) is 2.72. The summed E-state index contributed by atoms with van der Waals surface area (Å²) in [6, 6.07) is 6.95. The number of carbonyl (C=O) groups is 1. The molecule has 1 aromatic rings. The molecular weight excluding hydrogens is 278 g/mol. The molecule has 20 heavy (non-hydrogen) atoms. The number of amides is 1. The first-order valence-electron chi connectivity index (χ1n) is 6.90. The monoisotopic (exact) mass is 297 g/mol. The van der Waals surface area contributed by atoms with E-state index >= 15 is 0 Å². The van der Waals surface area contributed by atoms with Gasteiger partial charge in [-0.2, -0.15) is 0 Å². The van der Waals surface area contributed by atoms with Gasteiger partial charge in [0.25, 0.3) is 5.91 Å². The molecular formula is C15H20ClNO3. The number of nitrogens with one attached hydrogen (secondary N) is 1. The van der Waals surface area contributed by atoms with Crippen LogP contribution in [0.4, 0.5) is 0 Å². The van der Waals surface area contributed by atoms with Crippen LogP contribution in [-0.2, 0) is 4.79 Å². The lowest BCUT2D eigenvalue weighted by molar-refractivity contribution is -0.129. The summed E-state index contributed by atoms with van der Waals surface area (Å²) in [5.74, 6) is 0.352. The minimum Gasteiger partial charge on any atom is -0.481 e. The van der Waals surface area contributed by atoms with E-state index in [0.29, 0.717) is 10.8 Å². The average molecular weight is 298 g/mol. The van der Waals surface area contributed by atoms with Gasteiger partial charge in [0.2, 0.25) is 0 Å². The summed E-state index contributed by atoms with van der Waals surface area (Å²) in [5.41, 5.74) is -0.469. The van der Waals surface area contributed by atoms with Gasteiger partial charge in [-0.05, 0) is 38.0 Å². The van der Waals surface area contributed by atoms with Crippen LogP contribution >= 0.6 is 11.6 Å². The maximum Gasteiger partial charge on any atom is 0.261 e. The van der Waals surface area contributed by atoms with Gasteiger partial charge >= 0.3 is 0 Å². The van der Waals surface area contributed by atoms with E-state index in [1.807, 2.05) is 0 Å². The molecule has 0 radical (unpaired) electrons. The van der Waals surface area contributed by atoms with E-state index in [0.717, 1.165) is 25.7 Å². The molecule has 1 fully saturated rings. The van der Waals surface area contributed by atoms with Gasteiger partial charge in [-0.15, -0.1) is 0 Å². The third kappa shape index (κ3) is 3.64. The Kier molecular flexibility index (Phi) is 4.89.